The molecule has 0 spiro atoms. The lowest BCUT2D eigenvalue weighted by Crippen LogP contribution is -2.23. The smallest absolute Gasteiger partial charge is 0.0797 e. The van der Waals surface area contributed by atoms with Crippen molar-refractivity contribution in [2.45, 2.75) is 19.4 Å². The summed E-state index contributed by atoms with van der Waals surface area (Å²) in [6.45, 7) is 2.95. The van der Waals surface area contributed by atoms with Crippen LogP contribution in [0.1, 0.15) is 24.2 Å². The zero-order chi connectivity index (χ0) is 13.8. The van der Waals surface area contributed by atoms with Gasteiger partial charge in [0, 0.05) is 23.3 Å². The van der Waals surface area contributed by atoms with Crippen molar-refractivity contribution in [1.82, 2.24) is 15.1 Å². The van der Waals surface area contributed by atoms with Crippen LogP contribution in [0, 0.1) is 0 Å². The Balaban J connectivity index is 2.23. The van der Waals surface area contributed by atoms with Crippen molar-refractivity contribution in [3.63, 3.8) is 0 Å². The van der Waals surface area contributed by atoms with E-state index < -0.39 is 0 Å². The van der Waals surface area contributed by atoms with E-state index in [2.05, 4.69) is 17.3 Å². The predicted octanol–water partition coefficient (Wildman–Crippen LogP) is 3.62. The van der Waals surface area contributed by atoms with Crippen molar-refractivity contribution in [1.29, 1.82) is 0 Å². The van der Waals surface area contributed by atoms with Gasteiger partial charge in [-0.25, -0.2) is 0 Å². The lowest BCUT2D eigenvalue weighted by Gasteiger charge is -2.16. The molecule has 2 aromatic rings. The van der Waals surface area contributed by atoms with E-state index in [1.807, 2.05) is 31.4 Å². The Labute approximate surface area is 123 Å². The standard InChI is InChI=1S/C14H17Cl2N3/c1-3-17-14(13-6-7-19(2)18-13)9-10-8-11(15)4-5-12(10)16/h4-8,14,17H,3,9H2,1-2H3. The van der Waals surface area contributed by atoms with Gasteiger partial charge in [0.1, 0.15) is 0 Å². The highest BCUT2D eigenvalue weighted by atomic mass is 35.5. The fraction of sp³-hybridized carbons (Fsp3) is 0.357. The van der Waals surface area contributed by atoms with Gasteiger partial charge >= 0.3 is 0 Å². The van der Waals surface area contributed by atoms with Gasteiger partial charge < -0.3 is 5.32 Å². The normalized spacial score (nSPS) is 12.6. The summed E-state index contributed by atoms with van der Waals surface area (Å²) < 4.78 is 1.80. The first-order valence-corrected chi connectivity index (χ1v) is 7.02. The maximum Gasteiger partial charge on any atom is 0.0797 e. The van der Waals surface area contributed by atoms with Crippen molar-refractivity contribution >= 4 is 23.2 Å². The first-order chi connectivity index (χ1) is 9.10. The number of halogens is 2. The minimum absolute atomic E-state index is 0.141. The summed E-state index contributed by atoms with van der Waals surface area (Å²) in [5, 5.41) is 9.33. The molecule has 0 fully saturated rings. The van der Waals surface area contributed by atoms with Crippen molar-refractivity contribution < 1.29 is 0 Å². The Morgan fingerprint density at radius 1 is 1.32 bits per heavy atom. The van der Waals surface area contributed by atoms with E-state index in [9.17, 15) is 0 Å². The Bertz CT molecular complexity index is 551. The topological polar surface area (TPSA) is 29.9 Å². The molecule has 2 rings (SSSR count). The number of aryl methyl sites for hydroxylation is 1. The van der Waals surface area contributed by atoms with Gasteiger partial charge in [-0.1, -0.05) is 30.1 Å². The van der Waals surface area contributed by atoms with Crippen LogP contribution >= 0.6 is 23.2 Å². The summed E-state index contributed by atoms with van der Waals surface area (Å²) in [5.41, 5.74) is 2.05. The number of benzene rings is 1. The number of rotatable bonds is 5. The molecule has 5 heteroatoms. The summed E-state index contributed by atoms with van der Waals surface area (Å²) in [5.74, 6) is 0. The number of hydrogen-bond donors (Lipinski definition) is 1. The highest BCUT2D eigenvalue weighted by Gasteiger charge is 2.15. The molecular formula is C14H17Cl2N3. The molecule has 1 heterocycles. The van der Waals surface area contributed by atoms with E-state index in [4.69, 9.17) is 23.2 Å². The van der Waals surface area contributed by atoms with Gasteiger partial charge in [0.2, 0.25) is 0 Å². The third-order valence-electron chi connectivity index (χ3n) is 2.97. The van der Waals surface area contributed by atoms with Gasteiger partial charge in [-0.15, -0.1) is 0 Å². The van der Waals surface area contributed by atoms with Gasteiger partial charge in [0.25, 0.3) is 0 Å². The van der Waals surface area contributed by atoms with E-state index in [0.29, 0.717) is 5.02 Å². The Morgan fingerprint density at radius 3 is 2.74 bits per heavy atom. The third-order valence-corrected chi connectivity index (χ3v) is 3.58. The van der Waals surface area contributed by atoms with Crippen LogP contribution in [-0.2, 0) is 13.5 Å². The van der Waals surface area contributed by atoms with E-state index in [1.165, 1.54) is 0 Å². The molecule has 0 radical (unpaired) electrons. The van der Waals surface area contributed by atoms with Crippen LogP contribution in [0.4, 0.5) is 0 Å². The number of likely N-dealkylation sites (N-methyl/N-ethyl adjacent to an activating group) is 1. The first-order valence-electron chi connectivity index (χ1n) is 6.27. The molecule has 1 aromatic heterocycles. The van der Waals surface area contributed by atoms with Crippen LogP contribution in [0.25, 0.3) is 0 Å². The molecule has 0 amide bonds. The van der Waals surface area contributed by atoms with Gasteiger partial charge in [-0.2, -0.15) is 5.10 Å². The summed E-state index contributed by atoms with van der Waals surface area (Å²) in [6, 6.07) is 7.71. The predicted molar refractivity (Wildman–Crippen MR) is 79.8 cm³/mol. The summed E-state index contributed by atoms with van der Waals surface area (Å²) in [4.78, 5) is 0. The minimum atomic E-state index is 0.141. The molecule has 0 aliphatic rings. The number of hydrogen-bond acceptors (Lipinski definition) is 2. The molecule has 1 unspecified atom stereocenters. The maximum absolute atomic E-state index is 6.22. The second-order valence-electron chi connectivity index (χ2n) is 4.46. The van der Waals surface area contributed by atoms with Gasteiger partial charge in [-0.05, 0) is 42.8 Å². The second kappa shape index (κ2) is 6.42. The molecule has 0 saturated carbocycles. The minimum Gasteiger partial charge on any atom is -0.309 e. The molecule has 0 bridgehead atoms. The molecule has 1 aromatic carbocycles. The molecule has 3 nitrogen and oxygen atoms in total. The third kappa shape index (κ3) is 3.72. The van der Waals surface area contributed by atoms with Crippen LogP contribution in [0.2, 0.25) is 10.0 Å². The van der Waals surface area contributed by atoms with Crippen molar-refractivity contribution in [2.24, 2.45) is 7.05 Å². The molecule has 0 aliphatic heterocycles. The number of nitrogens with one attached hydrogen (secondary N) is 1. The maximum atomic E-state index is 6.22. The van der Waals surface area contributed by atoms with Crippen LogP contribution in [-0.4, -0.2) is 16.3 Å². The largest absolute Gasteiger partial charge is 0.309 e. The fourth-order valence-electron chi connectivity index (χ4n) is 2.07. The molecule has 19 heavy (non-hydrogen) atoms. The average molecular weight is 298 g/mol. The van der Waals surface area contributed by atoms with Crippen molar-refractivity contribution in [2.75, 3.05) is 6.54 Å². The summed E-state index contributed by atoms with van der Waals surface area (Å²) in [7, 11) is 1.92. The fourth-order valence-corrected chi connectivity index (χ4v) is 2.46. The van der Waals surface area contributed by atoms with E-state index >= 15 is 0 Å². The van der Waals surface area contributed by atoms with E-state index in [-0.39, 0.29) is 6.04 Å². The van der Waals surface area contributed by atoms with Crippen LogP contribution in [0.3, 0.4) is 0 Å². The van der Waals surface area contributed by atoms with Gasteiger partial charge in [0.15, 0.2) is 0 Å². The lowest BCUT2D eigenvalue weighted by atomic mass is 10.0. The molecule has 102 valence electrons. The number of nitrogens with zero attached hydrogens (tertiary/aromatic N) is 2. The molecule has 0 saturated heterocycles. The van der Waals surface area contributed by atoms with E-state index in [0.717, 1.165) is 29.2 Å². The molecule has 1 N–H and O–H groups in total. The monoisotopic (exact) mass is 297 g/mol. The number of aromatic nitrogens is 2. The lowest BCUT2D eigenvalue weighted by molar-refractivity contribution is 0.528. The average Bonchev–Trinajstić information content (AvgIpc) is 2.80. The van der Waals surface area contributed by atoms with Crippen LogP contribution in [0.15, 0.2) is 30.5 Å². The zero-order valence-corrected chi connectivity index (χ0v) is 12.5. The van der Waals surface area contributed by atoms with Crippen molar-refractivity contribution in [3.8, 4) is 0 Å². The summed E-state index contributed by atoms with van der Waals surface area (Å²) in [6.07, 6.45) is 2.71. The van der Waals surface area contributed by atoms with Crippen molar-refractivity contribution in [3.05, 3.63) is 51.8 Å². The Morgan fingerprint density at radius 2 is 2.11 bits per heavy atom. The highest BCUT2D eigenvalue weighted by molar-refractivity contribution is 6.33. The summed E-state index contributed by atoms with van der Waals surface area (Å²) >= 11 is 12.2. The van der Waals surface area contributed by atoms with Crippen LogP contribution in [0.5, 0.6) is 0 Å². The quantitative estimate of drug-likeness (QED) is 0.913. The Kier molecular flexibility index (Phi) is 4.86. The second-order valence-corrected chi connectivity index (χ2v) is 5.31. The molecular weight excluding hydrogens is 281 g/mol. The highest BCUT2D eigenvalue weighted by Crippen LogP contribution is 2.25. The molecule has 0 aliphatic carbocycles. The van der Waals surface area contributed by atoms with Gasteiger partial charge in [-0.3, -0.25) is 4.68 Å². The SMILES string of the molecule is CCNC(Cc1cc(Cl)ccc1Cl)c1ccn(C)n1. The van der Waals surface area contributed by atoms with E-state index in [1.54, 1.807) is 10.7 Å². The zero-order valence-electron chi connectivity index (χ0n) is 11.0. The first kappa shape index (κ1) is 14.4. The van der Waals surface area contributed by atoms with Crippen LogP contribution < -0.4 is 5.32 Å². The van der Waals surface area contributed by atoms with Gasteiger partial charge in [0.05, 0.1) is 11.7 Å². The molecule has 1 atom stereocenters. The Hall–Kier alpha value is -1.03.